The molecule has 3 nitrogen and oxygen atoms in total. The topological polar surface area (TPSA) is 54.4 Å². The van der Waals surface area contributed by atoms with Crippen molar-refractivity contribution in [3.8, 4) is 5.75 Å². The van der Waals surface area contributed by atoms with Crippen molar-refractivity contribution in [1.29, 1.82) is 0 Å². The minimum Gasteiger partial charge on any atom is -0.506 e. The van der Waals surface area contributed by atoms with Crippen LogP contribution in [0.15, 0.2) is 8.95 Å². The highest BCUT2D eigenvalue weighted by atomic mass is 79.9. The van der Waals surface area contributed by atoms with Crippen molar-refractivity contribution in [1.82, 2.24) is 0 Å². The fourth-order valence-corrected chi connectivity index (χ4v) is 5.79. The first-order chi connectivity index (χ1) is 10.6. The molecule has 5 heteroatoms. The quantitative estimate of drug-likeness (QED) is 0.610. The molecule has 2 aliphatic rings. The largest absolute Gasteiger partial charge is 0.506 e. The molecule has 3 atom stereocenters. The standard InChI is InChI=1S/C18H20Br2O3/c1-7(2)9-5-6-18(4)12(9)10-11(16(22)17(18)23)15(21)14(20)8(3)13(10)19/h7,9,12,21H,5-6H2,1-4H3/t9-,12-,18-/m0/s1. The van der Waals surface area contributed by atoms with E-state index < -0.39 is 11.2 Å². The third-order valence-electron chi connectivity index (χ3n) is 5.84. The van der Waals surface area contributed by atoms with Crippen LogP contribution in [0, 0.1) is 24.2 Å². The van der Waals surface area contributed by atoms with Crippen LogP contribution in [-0.2, 0) is 4.79 Å². The van der Waals surface area contributed by atoms with Crippen LogP contribution in [0.2, 0.25) is 0 Å². The lowest BCUT2D eigenvalue weighted by atomic mass is 9.62. The minimum absolute atomic E-state index is 0.0326. The number of benzene rings is 1. The number of carbonyl (C=O) groups is 2. The first kappa shape index (κ1) is 17.2. The summed E-state index contributed by atoms with van der Waals surface area (Å²) in [6.07, 6.45) is 1.66. The number of hydrogen-bond donors (Lipinski definition) is 1. The Balaban J connectivity index is 2.40. The molecule has 0 radical (unpaired) electrons. The second kappa shape index (κ2) is 5.41. The summed E-state index contributed by atoms with van der Waals surface area (Å²) in [5, 5.41) is 10.5. The Morgan fingerprint density at radius 3 is 2.39 bits per heavy atom. The van der Waals surface area contributed by atoms with Crippen LogP contribution in [0.25, 0.3) is 0 Å². The predicted molar refractivity (Wildman–Crippen MR) is 96.0 cm³/mol. The van der Waals surface area contributed by atoms with Crippen molar-refractivity contribution in [3.05, 3.63) is 25.6 Å². The van der Waals surface area contributed by atoms with Gasteiger partial charge in [-0.2, -0.15) is 0 Å². The zero-order chi connectivity index (χ0) is 17.3. The Labute approximate surface area is 153 Å². The molecule has 0 unspecified atom stereocenters. The summed E-state index contributed by atoms with van der Waals surface area (Å²) in [6, 6.07) is 0. The van der Waals surface area contributed by atoms with E-state index in [9.17, 15) is 14.7 Å². The second-order valence-corrected chi connectivity index (χ2v) is 8.98. The van der Waals surface area contributed by atoms with Gasteiger partial charge in [-0.05, 0) is 58.7 Å². The van der Waals surface area contributed by atoms with E-state index in [1.807, 2.05) is 13.8 Å². The highest BCUT2D eigenvalue weighted by Gasteiger charge is 2.58. The average molecular weight is 444 g/mol. The van der Waals surface area contributed by atoms with Gasteiger partial charge in [-0.15, -0.1) is 0 Å². The lowest BCUT2D eigenvalue weighted by Crippen LogP contribution is -2.43. The molecular weight excluding hydrogens is 424 g/mol. The molecule has 1 N–H and O–H groups in total. The summed E-state index contributed by atoms with van der Waals surface area (Å²) in [4.78, 5) is 25.6. The van der Waals surface area contributed by atoms with Crippen LogP contribution >= 0.6 is 31.9 Å². The van der Waals surface area contributed by atoms with Crippen LogP contribution in [0.3, 0.4) is 0 Å². The molecule has 0 spiro atoms. The molecule has 1 saturated carbocycles. The fourth-order valence-electron chi connectivity index (χ4n) is 4.48. The van der Waals surface area contributed by atoms with Crippen molar-refractivity contribution >= 4 is 43.4 Å². The number of phenols is 1. The average Bonchev–Trinajstić information content (AvgIpc) is 2.85. The van der Waals surface area contributed by atoms with Crippen LogP contribution in [-0.4, -0.2) is 16.7 Å². The molecule has 3 rings (SSSR count). The Kier molecular flexibility index (Phi) is 4.04. The normalized spacial score (nSPS) is 29.9. The maximum absolute atomic E-state index is 12.8. The van der Waals surface area contributed by atoms with E-state index in [1.54, 1.807) is 0 Å². The van der Waals surface area contributed by atoms with Gasteiger partial charge in [0, 0.05) is 15.8 Å². The molecule has 1 fully saturated rings. The number of ketones is 2. The van der Waals surface area contributed by atoms with Gasteiger partial charge in [-0.25, -0.2) is 0 Å². The first-order valence-corrected chi connectivity index (χ1v) is 9.51. The molecule has 0 saturated heterocycles. The molecule has 0 aliphatic heterocycles. The molecule has 1 aromatic rings. The van der Waals surface area contributed by atoms with Crippen LogP contribution in [0.1, 0.15) is 61.0 Å². The number of phenolic OH excluding ortho intramolecular Hbond substituents is 1. The number of hydrogen-bond acceptors (Lipinski definition) is 3. The van der Waals surface area contributed by atoms with Crippen LogP contribution in [0.4, 0.5) is 0 Å². The maximum Gasteiger partial charge on any atom is 0.233 e. The molecule has 124 valence electrons. The van der Waals surface area contributed by atoms with Crippen molar-refractivity contribution in [2.24, 2.45) is 17.3 Å². The van der Waals surface area contributed by atoms with E-state index in [4.69, 9.17) is 0 Å². The Morgan fingerprint density at radius 2 is 1.83 bits per heavy atom. The van der Waals surface area contributed by atoms with Gasteiger partial charge in [0.1, 0.15) is 5.75 Å². The minimum atomic E-state index is -0.658. The summed E-state index contributed by atoms with van der Waals surface area (Å²) in [7, 11) is 0. The first-order valence-electron chi connectivity index (χ1n) is 7.92. The number of carbonyl (C=O) groups excluding carboxylic acids is 2. The van der Waals surface area contributed by atoms with Crippen molar-refractivity contribution < 1.29 is 14.7 Å². The molecule has 0 bridgehead atoms. The molecule has 0 amide bonds. The van der Waals surface area contributed by atoms with E-state index in [0.29, 0.717) is 16.3 Å². The summed E-state index contributed by atoms with van der Waals surface area (Å²) in [5.74, 6) is -0.302. The predicted octanol–water partition coefficient (Wildman–Crippen LogP) is 5.15. The zero-order valence-electron chi connectivity index (χ0n) is 13.7. The van der Waals surface area contributed by atoms with Crippen molar-refractivity contribution in [3.63, 3.8) is 0 Å². The molecular formula is C18H20Br2O3. The van der Waals surface area contributed by atoms with E-state index in [2.05, 4.69) is 45.7 Å². The summed E-state index contributed by atoms with van der Waals surface area (Å²) in [5.41, 5.74) is 1.22. The Bertz CT molecular complexity index is 739. The summed E-state index contributed by atoms with van der Waals surface area (Å²) < 4.78 is 1.31. The van der Waals surface area contributed by atoms with Crippen molar-refractivity contribution in [2.75, 3.05) is 0 Å². The molecule has 2 aliphatic carbocycles. The van der Waals surface area contributed by atoms with Gasteiger partial charge in [0.15, 0.2) is 0 Å². The number of rotatable bonds is 1. The summed E-state index contributed by atoms with van der Waals surface area (Å²) in [6.45, 7) is 8.14. The smallest absolute Gasteiger partial charge is 0.233 e. The molecule has 23 heavy (non-hydrogen) atoms. The SMILES string of the molecule is Cc1c(Br)c(O)c2c(c1Br)[C@@H]1[C@H](C(C)C)CC[C@]1(C)C(=O)C2=O. The van der Waals surface area contributed by atoms with Crippen LogP contribution < -0.4 is 0 Å². The fraction of sp³-hybridized carbons (Fsp3) is 0.556. The van der Waals surface area contributed by atoms with E-state index in [-0.39, 0.29) is 23.0 Å². The third kappa shape index (κ3) is 2.12. The zero-order valence-corrected chi connectivity index (χ0v) is 16.8. The lowest BCUT2D eigenvalue weighted by molar-refractivity contribution is -0.124. The van der Waals surface area contributed by atoms with Gasteiger partial charge < -0.3 is 5.11 Å². The lowest BCUT2D eigenvalue weighted by Gasteiger charge is -2.40. The second-order valence-electron chi connectivity index (χ2n) is 7.39. The number of fused-ring (bicyclic) bond motifs is 3. The Hall–Kier alpha value is -0.680. The van der Waals surface area contributed by atoms with Gasteiger partial charge in [0.2, 0.25) is 11.6 Å². The highest BCUT2D eigenvalue weighted by Crippen LogP contribution is 2.61. The van der Waals surface area contributed by atoms with E-state index in [0.717, 1.165) is 28.4 Å². The number of Topliss-reactive ketones (excluding diaryl/α,β-unsaturated/α-hetero) is 2. The van der Waals surface area contributed by atoms with E-state index >= 15 is 0 Å². The number of halogens is 2. The third-order valence-corrected chi connectivity index (χ3v) is 7.83. The monoisotopic (exact) mass is 442 g/mol. The van der Waals surface area contributed by atoms with Gasteiger partial charge in [0.05, 0.1) is 10.0 Å². The van der Waals surface area contributed by atoms with E-state index in [1.165, 1.54) is 0 Å². The van der Waals surface area contributed by atoms with Crippen molar-refractivity contribution in [2.45, 2.75) is 46.5 Å². The highest BCUT2D eigenvalue weighted by molar-refractivity contribution is 9.11. The summed E-state index contributed by atoms with van der Waals surface area (Å²) >= 11 is 6.97. The maximum atomic E-state index is 12.8. The number of aromatic hydroxyl groups is 1. The van der Waals surface area contributed by atoms with Gasteiger partial charge >= 0.3 is 0 Å². The van der Waals surface area contributed by atoms with Gasteiger partial charge in [0.25, 0.3) is 0 Å². The van der Waals surface area contributed by atoms with Crippen LogP contribution in [0.5, 0.6) is 5.75 Å². The Morgan fingerprint density at radius 1 is 1.22 bits per heavy atom. The van der Waals surface area contributed by atoms with Gasteiger partial charge in [-0.1, -0.05) is 36.7 Å². The molecule has 0 aromatic heterocycles. The molecule has 1 aromatic carbocycles. The van der Waals surface area contributed by atoms with Gasteiger partial charge in [-0.3, -0.25) is 9.59 Å². The molecule has 0 heterocycles.